The van der Waals surface area contributed by atoms with E-state index in [1.54, 1.807) is 13.8 Å². The number of amides is 2. The van der Waals surface area contributed by atoms with Gasteiger partial charge in [0, 0.05) is 36.3 Å². The second-order valence-corrected chi connectivity index (χ2v) is 13.4. The van der Waals surface area contributed by atoms with E-state index >= 15 is 0 Å². The lowest BCUT2D eigenvalue weighted by atomic mass is 9.84. The number of aliphatic carboxylic acids is 2. The molecule has 0 radical (unpaired) electrons. The third-order valence-electron chi connectivity index (χ3n) is 8.04. The molecule has 4 atom stereocenters. The average Bonchev–Trinajstić information content (AvgIpc) is 3.31. The van der Waals surface area contributed by atoms with E-state index < -0.39 is 70.4 Å². The number of nitrogens with one attached hydrogen (secondary N) is 2. The third kappa shape index (κ3) is 10.3. The maximum Gasteiger partial charge on any atom is 0.407 e. The van der Waals surface area contributed by atoms with Gasteiger partial charge in [0.05, 0.1) is 18.5 Å². The second kappa shape index (κ2) is 16.2. The molecule has 1 aliphatic carbocycles. The van der Waals surface area contributed by atoms with Gasteiger partial charge >= 0.3 is 18.0 Å². The van der Waals surface area contributed by atoms with Crippen molar-refractivity contribution in [2.45, 2.75) is 64.0 Å². The average molecular weight is 657 g/mol. The van der Waals surface area contributed by atoms with E-state index in [1.165, 1.54) is 0 Å². The Bertz CT molecular complexity index is 1540. The predicted octanol–water partition coefficient (Wildman–Crippen LogP) is 3.90. The molecule has 0 aromatic heterocycles. The van der Waals surface area contributed by atoms with Crippen molar-refractivity contribution in [2.24, 2.45) is 11.8 Å². The predicted molar refractivity (Wildman–Crippen MR) is 170 cm³/mol. The molecule has 0 aliphatic heterocycles. The molecule has 46 heavy (non-hydrogen) atoms. The zero-order valence-electron chi connectivity index (χ0n) is 26.0. The van der Waals surface area contributed by atoms with Crippen molar-refractivity contribution in [3.63, 3.8) is 0 Å². The molecule has 0 heterocycles. The van der Waals surface area contributed by atoms with Crippen LogP contribution in [0.25, 0.3) is 11.1 Å². The van der Waals surface area contributed by atoms with Gasteiger partial charge in [0.15, 0.2) is 15.6 Å². The topological polar surface area (TPSA) is 193 Å². The van der Waals surface area contributed by atoms with Crippen molar-refractivity contribution in [1.29, 1.82) is 0 Å². The first kappa shape index (κ1) is 36.0. The van der Waals surface area contributed by atoms with Crippen LogP contribution in [0.4, 0.5) is 4.79 Å². The van der Waals surface area contributed by atoms with Crippen LogP contribution in [0, 0.1) is 11.8 Å². The van der Waals surface area contributed by atoms with Gasteiger partial charge in [-0.05, 0) is 34.6 Å². The van der Waals surface area contributed by atoms with Gasteiger partial charge in [0.2, 0.25) is 5.91 Å². The van der Waals surface area contributed by atoms with E-state index in [0.717, 1.165) is 40.0 Å². The molecule has 0 fully saturated rings. The SMILES string of the molecule is CCC(C)[C@H](CC(=O)[C@H](CCC(=O)O)NC(=O)OCC1c2ccccc2-c2ccccc21)C(=O)N[C@H](/C=C/S(C)(=O)=O)CC(=O)O. The van der Waals surface area contributed by atoms with Crippen LogP contribution in [0.3, 0.4) is 0 Å². The number of alkyl carbamates (subject to hydrolysis) is 1. The lowest BCUT2D eigenvalue weighted by Gasteiger charge is -2.26. The Morgan fingerprint density at radius 2 is 1.50 bits per heavy atom. The summed E-state index contributed by atoms with van der Waals surface area (Å²) >= 11 is 0. The summed E-state index contributed by atoms with van der Waals surface area (Å²) in [6, 6.07) is 13.1. The summed E-state index contributed by atoms with van der Waals surface area (Å²) in [5.41, 5.74) is 4.05. The normalized spacial score (nSPS) is 15.2. The molecule has 3 rings (SSSR count). The summed E-state index contributed by atoms with van der Waals surface area (Å²) in [5.74, 6) is -5.32. The standard InChI is InChI=1S/C33H40N2O10S/c1-4-20(2)26(32(41)34-21(17-31(39)40)15-16-46(3,43)44)18-29(36)28(13-14-30(37)38)35-33(42)45-19-27-24-11-7-5-9-22(24)23-10-6-8-12-25(23)27/h5-12,15-16,20-21,26-28H,4,13-14,17-19H2,1-3H3,(H,34,41)(H,35,42)(H,37,38)(H,39,40)/b16-15+/t20?,21-,26+,28+/m1/s1. The van der Waals surface area contributed by atoms with Gasteiger partial charge < -0.3 is 25.6 Å². The van der Waals surface area contributed by atoms with Crippen LogP contribution in [0.5, 0.6) is 0 Å². The first-order valence-corrected chi connectivity index (χ1v) is 16.9. The molecule has 248 valence electrons. The molecule has 0 bridgehead atoms. The number of rotatable bonds is 17. The summed E-state index contributed by atoms with van der Waals surface area (Å²) in [4.78, 5) is 62.5. The van der Waals surface area contributed by atoms with E-state index in [4.69, 9.17) is 4.74 Å². The maximum atomic E-state index is 13.5. The number of sulfone groups is 1. The van der Waals surface area contributed by atoms with E-state index in [0.29, 0.717) is 6.42 Å². The van der Waals surface area contributed by atoms with Gasteiger partial charge in [-0.3, -0.25) is 19.2 Å². The molecule has 0 saturated carbocycles. The Labute approximate surface area is 268 Å². The quantitative estimate of drug-likeness (QED) is 0.194. The van der Waals surface area contributed by atoms with Crippen molar-refractivity contribution >= 4 is 39.6 Å². The highest BCUT2D eigenvalue weighted by Gasteiger charge is 2.33. The molecule has 2 aromatic carbocycles. The van der Waals surface area contributed by atoms with E-state index in [2.05, 4.69) is 10.6 Å². The summed E-state index contributed by atoms with van der Waals surface area (Å²) in [7, 11) is -3.61. The molecule has 2 aromatic rings. The van der Waals surface area contributed by atoms with Crippen LogP contribution in [0.15, 0.2) is 60.0 Å². The highest BCUT2D eigenvalue weighted by atomic mass is 32.2. The smallest absolute Gasteiger partial charge is 0.407 e. The van der Waals surface area contributed by atoms with Crippen molar-refractivity contribution < 1.29 is 47.3 Å². The molecular weight excluding hydrogens is 616 g/mol. The van der Waals surface area contributed by atoms with Crippen LogP contribution in [-0.2, 0) is 33.8 Å². The largest absolute Gasteiger partial charge is 0.481 e. The number of carboxylic acids is 2. The Balaban J connectivity index is 1.73. The number of carboxylic acid groups (broad SMARTS) is 2. The number of benzene rings is 2. The zero-order chi connectivity index (χ0) is 34.0. The van der Waals surface area contributed by atoms with Gasteiger partial charge in [-0.15, -0.1) is 0 Å². The molecule has 4 N–H and O–H groups in total. The molecule has 1 aliphatic rings. The summed E-state index contributed by atoms with van der Waals surface area (Å²) in [6.07, 6.45) is -0.122. The highest BCUT2D eigenvalue weighted by Crippen LogP contribution is 2.44. The lowest BCUT2D eigenvalue weighted by molar-refractivity contribution is -0.139. The monoisotopic (exact) mass is 656 g/mol. The Morgan fingerprint density at radius 3 is 2.02 bits per heavy atom. The van der Waals surface area contributed by atoms with Crippen molar-refractivity contribution in [2.75, 3.05) is 12.9 Å². The van der Waals surface area contributed by atoms with Crippen molar-refractivity contribution in [3.8, 4) is 11.1 Å². The number of carbonyl (C=O) groups excluding carboxylic acids is 3. The molecular formula is C33H40N2O10S. The Hall–Kier alpha value is -4.52. The number of Topliss-reactive ketones (excluding diaryl/α,β-unsaturated/α-hetero) is 1. The van der Waals surface area contributed by atoms with Gasteiger partial charge in [0.25, 0.3) is 0 Å². The first-order chi connectivity index (χ1) is 21.7. The number of hydrogen-bond donors (Lipinski definition) is 4. The minimum absolute atomic E-state index is 0.0242. The zero-order valence-corrected chi connectivity index (χ0v) is 26.8. The summed E-state index contributed by atoms with van der Waals surface area (Å²) < 4.78 is 28.7. The lowest BCUT2D eigenvalue weighted by Crippen LogP contribution is -2.46. The number of hydrogen-bond acceptors (Lipinski definition) is 8. The van der Waals surface area contributed by atoms with Gasteiger partial charge in [-0.1, -0.05) is 74.9 Å². The van der Waals surface area contributed by atoms with Gasteiger partial charge in [-0.25, -0.2) is 13.2 Å². The molecule has 0 saturated heterocycles. The van der Waals surface area contributed by atoms with Crippen molar-refractivity contribution in [3.05, 3.63) is 71.1 Å². The Morgan fingerprint density at radius 1 is 0.913 bits per heavy atom. The molecule has 1 unspecified atom stereocenters. The van der Waals surface area contributed by atoms with Crippen LogP contribution < -0.4 is 10.6 Å². The Kier molecular flexibility index (Phi) is 12.6. The molecule has 0 spiro atoms. The summed E-state index contributed by atoms with van der Waals surface area (Å²) in [5, 5.41) is 24.3. The number of ether oxygens (including phenoxy) is 1. The van der Waals surface area contributed by atoms with Crippen LogP contribution >= 0.6 is 0 Å². The fourth-order valence-electron chi connectivity index (χ4n) is 5.44. The maximum absolute atomic E-state index is 13.5. The van der Waals surface area contributed by atoms with E-state index in [9.17, 15) is 42.6 Å². The van der Waals surface area contributed by atoms with Gasteiger partial charge in [0.1, 0.15) is 6.61 Å². The van der Waals surface area contributed by atoms with Gasteiger partial charge in [-0.2, -0.15) is 0 Å². The second-order valence-electron chi connectivity index (χ2n) is 11.5. The van der Waals surface area contributed by atoms with Crippen molar-refractivity contribution in [1.82, 2.24) is 10.6 Å². The first-order valence-electron chi connectivity index (χ1n) is 15.0. The van der Waals surface area contributed by atoms with E-state index in [-0.39, 0.29) is 31.3 Å². The number of fused-ring (bicyclic) bond motifs is 3. The fourth-order valence-corrected chi connectivity index (χ4v) is 5.92. The van der Waals surface area contributed by atoms with E-state index in [1.807, 2.05) is 48.5 Å². The molecule has 13 heteroatoms. The number of carbonyl (C=O) groups is 5. The molecule has 2 amide bonds. The minimum Gasteiger partial charge on any atom is -0.481 e. The highest BCUT2D eigenvalue weighted by molar-refractivity contribution is 7.93. The fraction of sp³-hybridized carbons (Fsp3) is 0.424. The van der Waals surface area contributed by atoms with Crippen LogP contribution in [0.2, 0.25) is 0 Å². The summed E-state index contributed by atoms with van der Waals surface area (Å²) in [6.45, 7) is 3.50. The van der Waals surface area contributed by atoms with Crippen LogP contribution in [0.1, 0.15) is 63.0 Å². The minimum atomic E-state index is -3.61. The molecule has 12 nitrogen and oxygen atoms in total. The third-order valence-corrected chi connectivity index (χ3v) is 8.69. The van der Waals surface area contributed by atoms with Crippen LogP contribution in [-0.4, -0.2) is 73.3 Å². The number of ketones is 1.